The van der Waals surface area contributed by atoms with E-state index in [1.165, 1.54) is 12.6 Å². The minimum atomic E-state index is -2.83. The van der Waals surface area contributed by atoms with Crippen LogP contribution in [0.4, 0.5) is 17.3 Å². The van der Waals surface area contributed by atoms with E-state index in [9.17, 15) is 4.21 Å². The molecule has 0 saturated carbocycles. The van der Waals surface area contributed by atoms with Gasteiger partial charge < -0.3 is 15.4 Å². The van der Waals surface area contributed by atoms with Gasteiger partial charge in [-0.25, -0.2) is 23.9 Å². The van der Waals surface area contributed by atoms with Crippen molar-refractivity contribution in [1.29, 1.82) is 4.78 Å². The number of nitrogens with one attached hydrogen (secondary N) is 3. The minimum absolute atomic E-state index is 0.0311. The fraction of sp³-hybridized carbons (Fsp3) is 0.333. The molecule has 1 fully saturated rings. The third-order valence-electron chi connectivity index (χ3n) is 4.92. The number of anilines is 3. The van der Waals surface area contributed by atoms with Crippen molar-refractivity contribution in [2.45, 2.75) is 30.2 Å². The van der Waals surface area contributed by atoms with Crippen molar-refractivity contribution in [1.82, 2.24) is 19.9 Å². The molecule has 1 unspecified atom stereocenters. The highest BCUT2D eigenvalue weighted by molar-refractivity contribution is 7.91. The molecule has 31 heavy (non-hydrogen) atoms. The quantitative estimate of drug-likeness (QED) is 0.489. The molecule has 1 aliphatic heterocycles. The maximum absolute atomic E-state index is 12.2. The van der Waals surface area contributed by atoms with Crippen molar-refractivity contribution >= 4 is 27.1 Å². The van der Waals surface area contributed by atoms with Gasteiger partial charge in [0.05, 0.1) is 51.0 Å². The summed E-state index contributed by atoms with van der Waals surface area (Å²) in [5.74, 6) is 1.32. The molecule has 3 N–H and O–H groups in total. The number of ether oxygens (including phenoxy) is 1. The Morgan fingerprint density at radius 1 is 1.13 bits per heavy atom. The van der Waals surface area contributed by atoms with Crippen LogP contribution in [0.15, 0.2) is 53.9 Å². The molecule has 0 spiro atoms. The van der Waals surface area contributed by atoms with Crippen molar-refractivity contribution in [2.24, 2.45) is 0 Å². The van der Waals surface area contributed by atoms with Gasteiger partial charge in [-0.3, -0.25) is 4.98 Å². The highest BCUT2D eigenvalue weighted by Crippen LogP contribution is 2.23. The number of hydrogen-bond acceptors (Lipinski definition) is 9. The van der Waals surface area contributed by atoms with Crippen LogP contribution in [0.5, 0.6) is 0 Å². The summed E-state index contributed by atoms with van der Waals surface area (Å²) in [6.45, 7) is 3.49. The van der Waals surface area contributed by atoms with Gasteiger partial charge in [0.25, 0.3) is 0 Å². The van der Waals surface area contributed by atoms with Gasteiger partial charge >= 0.3 is 0 Å². The average Bonchev–Trinajstić information content (AvgIpc) is 2.72. The first-order valence-electron chi connectivity index (χ1n) is 9.88. The predicted molar refractivity (Wildman–Crippen MR) is 119 cm³/mol. The van der Waals surface area contributed by atoms with Crippen molar-refractivity contribution < 1.29 is 8.95 Å². The van der Waals surface area contributed by atoms with Crippen LogP contribution in [0.2, 0.25) is 0 Å². The molecule has 1 aliphatic rings. The molecule has 3 aromatic heterocycles. The normalized spacial score (nSPS) is 16.7. The number of pyridine rings is 2. The van der Waals surface area contributed by atoms with Crippen LogP contribution in [0, 0.1) is 4.78 Å². The fourth-order valence-corrected chi connectivity index (χ4v) is 4.26. The first kappa shape index (κ1) is 21.1. The van der Waals surface area contributed by atoms with Crippen molar-refractivity contribution in [3.8, 4) is 0 Å². The Morgan fingerprint density at radius 2 is 1.97 bits per heavy atom. The molecule has 4 heterocycles. The van der Waals surface area contributed by atoms with E-state index in [-0.39, 0.29) is 5.54 Å². The van der Waals surface area contributed by atoms with E-state index in [1.807, 2.05) is 18.2 Å². The summed E-state index contributed by atoms with van der Waals surface area (Å²) in [6.07, 6.45) is 7.47. The van der Waals surface area contributed by atoms with Gasteiger partial charge in [0.1, 0.15) is 18.0 Å². The van der Waals surface area contributed by atoms with Crippen LogP contribution in [-0.4, -0.2) is 49.2 Å². The third-order valence-corrected chi connectivity index (χ3v) is 6.13. The summed E-state index contributed by atoms with van der Waals surface area (Å²) in [6, 6.07) is 9.11. The Kier molecular flexibility index (Phi) is 5.84. The van der Waals surface area contributed by atoms with E-state index in [0.717, 1.165) is 11.4 Å². The second-order valence-corrected chi connectivity index (χ2v) is 10.0. The Bertz CT molecular complexity index is 1160. The predicted octanol–water partition coefficient (Wildman–Crippen LogP) is 3.03. The molecule has 0 bridgehead atoms. The Labute approximate surface area is 181 Å². The summed E-state index contributed by atoms with van der Waals surface area (Å²) >= 11 is 0. The molecule has 0 amide bonds. The molecule has 4 rings (SSSR count). The van der Waals surface area contributed by atoms with Gasteiger partial charge in [-0.1, -0.05) is 0 Å². The third kappa shape index (κ3) is 5.33. The summed E-state index contributed by atoms with van der Waals surface area (Å²) < 4.78 is 25.3. The number of aryl methyl sites for hydroxylation is 2. The van der Waals surface area contributed by atoms with Gasteiger partial charge in [0.2, 0.25) is 0 Å². The van der Waals surface area contributed by atoms with Crippen molar-refractivity contribution in [3.63, 3.8) is 0 Å². The summed E-state index contributed by atoms with van der Waals surface area (Å²) in [5.41, 5.74) is 2.38. The summed E-state index contributed by atoms with van der Waals surface area (Å²) in [4.78, 5) is 17.8. The number of nitrogens with zero attached hydrogens (tertiary/aromatic N) is 4. The largest absolute Gasteiger partial charge is 0.376 e. The highest BCUT2D eigenvalue weighted by Gasteiger charge is 2.32. The fourth-order valence-electron chi connectivity index (χ4n) is 3.32. The lowest BCUT2D eigenvalue weighted by atomic mass is 10.0. The lowest BCUT2D eigenvalue weighted by Gasteiger charge is -2.39. The first-order chi connectivity index (χ1) is 14.8. The van der Waals surface area contributed by atoms with E-state index < -0.39 is 9.73 Å². The Hall–Kier alpha value is -3.11. The van der Waals surface area contributed by atoms with Gasteiger partial charge in [0, 0.05) is 24.2 Å². The number of hydrogen-bond donors (Lipinski definition) is 3. The molecule has 9 nitrogen and oxygen atoms in total. The van der Waals surface area contributed by atoms with Crippen molar-refractivity contribution in [2.75, 3.05) is 30.1 Å². The molecular formula is C21H25N7O2S. The first-order valence-corrected chi connectivity index (χ1v) is 11.9. The van der Waals surface area contributed by atoms with Gasteiger partial charge in [0.15, 0.2) is 0 Å². The molecule has 10 heteroatoms. The van der Waals surface area contributed by atoms with E-state index in [0.29, 0.717) is 48.3 Å². The Morgan fingerprint density at radius 3 is 2.65 bits per heavy atom. The lowest BCUT2D eigenvalue weighted by Crippen LogP contribution is -2.53. The Balaban J connectivity index is 1.40. The average molecular weight is 440 g/mol. The monoisotopic (exact) mass is 439 g/mol. The second-order valence-electron chi connectivity index (χ2n) is 7.92. The smallest absolute Gasteiger partial charge is 0.135 e. The van der Waals surface area contributed by atoms with Gasteiger partial charge in [-0.15, -0.1) is 0 Å². The SMILES string of the molecule is CC1(Nc2ccc(Nc3cc(CCc4ncccc4S(C)(=N)=O)ncn3)nc2)COC1. The highest BCUT2D eigenvalue weighted by atomic mass is 32.2. The minimum Gasteiger partial charge on any atom is -0.376 e. The molecule has 3 aromatic rings. The number of rotatable bonds is 8. The number of aromatic nitrogens is 4. The zero-order valence-electron chi connectivity index (χ0n) is 17.5. The van der Waals surface area contributed by atoms with Crippen LogP contribution in [0.25, 0.3) is 0 Å². The van der Waals surface area contributed by atoms with E-state index >= 15 is 0 Å². The maximum Gasteiger partial charge on any atom is 0.135 e. The molecule has 0 aliphatic carbocycles. The zero-order chi connectivity index (χ0) is 21.9. The van der Waals surface area contributed by atoms with E-state index in [2.05, 4.69) is 37.5 Å². The summed E-state index contributed by atoms with van der Waals surface area (Å²) in [5, 5.41) is 6.61. The lowest BCUT2D eigenvalue weighted by molar-refractivity contribution is -0.0318. The van der Waals surface area contributed by atoms with E-state index in [1.54, 1.807) is 24.5 Å². The van der Waals surface area contributed by atoms with Gasteiger partial charge in [-0.2, -0.15) is 0 Å². The summed E-state index contributed by atoms with van der Waals surface area (Å²) in [7, 11) is -2.83. The van der Waals surface area contributed by atoms with Crippen LogP contribution >= 0.6 is 0 Å². The molecule has 0 radical (unpaired) electrons. The standard InChI is InChI=1S/C21H25N7O2S/c1-21(12-30-13-21)28-16-6-8-19(24-11-16)27-20-10-15(25-14-26-20)5-7-17-18(31(2,22)29)4-3-9-23-17/h3-4,6,8-11,14,22,28H,5,7,12-13H2,1-2H3,(H,24,25,26,27). The van der Waals surface area contributed by atoms with Crippen LogP contribution in [0.1, 0.15) is 18.3 Å². The molecule has 1 saturated heterocycles. The van der Waals surface area contributed by atoms with Crippen LogP contribution in [-0.2, 0) is 27.3 Å². The van der Waals surface area contributed by atoms with Gasteiger partial charge in [-0.05, 0) is 44.0 Å². The molecule has 1 atom stereocenters. The molecular weight excluding hydrogens is 414 g/mol. The second kappa shape index (κ2) is 8.56. The molecule has 0 aromatic carbocycles. The van der Waals surface area contributed by atoms with Crippen LogP contribution < -0.4 is 10.6 Å². The topological polar surface area (TPSA) is 126 Å². The van der Waals surface area contributed by atoms with E-state index in [4.69, 9.17) is 9.52 Å². The zero-order valence-corrected chi connectivity index (χ0v) is 18.3. The van der Waals surface area contributed by atoms with Crippen LogP contribution in [0.3, 0.4) is 0 Å². The maximum atomic E-state index is 12.2. The molecule has 162 valence electrons. The van der Waals surface area contributed by atoms with Crippen molar-refractivity contribution in [3.05, 3.63) is 60.4 Å².